The highest BCUT2D eigenvalue weighted by Crippen LogP contribution is 2.26. The van der Waals surface area contributed by atoms with Crippen LogP contribution in [0.2, 0.25) is 0 Å². The Bertz CT molecular complexity index is 1180. The van der Waals surface area contributed by atoms with E-state index >= 15 is 0 Å². The van der Waals surface area contributed by atoms with Crippen LogP contribution < -0.4 is 10.6 Å². The van der Waals surface area contributed by atoms with Gasteiger partial charge in [0.15, 0.2) is 5.65 Å². The summed E-state index contributed by atoms with van der Waals surface area (Å²) in [6.45, 7) is 4.06. The summed E-state index contributed by atoms with van der Waals surface area (Å²) < 4.78 is 1.64. The maximum Gasteiger partial charge on any atom is 0.255 e. The van der Waals surface area contributed by atoms with Gasteiger partial charge in [-0.2, -0.15) is 10.4 Å². The normalized spacial score (nSPS) is 18.5. The Morgan fingerprint density at radius 1 is 1.15 bits per heavy atom. The molecule has 0 unspecified atom stereocenters. The summed E-state index contributed by atoms with van der Waals surface area (Å²) in [5, 5.41) is 20.0. The predicted molar refractivity (Wildman–Crippen MR) is 127 cm³/mol. The number of aromatic nitrogens is 4. The van der Waals surface area contributed by atoms with Crippen molar-refractivity contribution < 1.29 is 4.79 Å². The number of rotatable bonds is 6. The lowest BCUT2D eigenvalue weighted by atomic mass is 9.90. The van der Waals surface area contributed by atoms with Gasteiger partial charge in [-0.25, -0.2) is 9.50 Å². The fourth-order valence-corrected chi connectivity index (χ4v) is 4.32. The lowest BCUT2D eigenvalue weighted by Crippen LogP contribution is -2.42. The van der Waals surface area contributed by atoms with Crippen LogP contribution in [-0.2, 0) is 0 Å². The van der Waals surface area contributed by atoms with E-state index in [-0.39, 0.29) is 18.0 Å². The van der Waals surface area contributed by atoms with Crippen LogP contribution in [0, 0.1) is 11.3 Å². The SMILES string of the molecule is CC(C)Nc1cc(-c2cnc3cc(C#N)cnn23)ncc1C(=O)NC1CCC(N(C)C)CC1. The highest BCUT2D eigenvalue weighted by Gasteiger charge is 2.25. The second-order valence-electron chi connectivity index (χ2n) is 9.13. The minimum Gasteiger partial charge on any atom is -0.382 e. The summed E-state index contributed by atoms with van der Waals surface area (Å²) in [4.78, 5) is 24.3. The zero-order chi connectivity index (χ0) is 23.5. The number of nitriles is 1. The molecule has 2 N–H and O–H groups in total. The number of imidazole rings is 1. The lowest BCUT2D eigenvalue weighted by molar-refractivity contribution is 0.0916. The van der Waals surface area contributed by atoms with Crippen LogP contribution >= 0.6 is 0 Å². The maximum absolute atomic E-state index is 13.1. The van der Waals surface area contributed by atoms with E-state index in [1.54, 1.807) is 23.0 Å². The molecule has 172 valence electrons. The molecule has 1 aliphatic carbocycles. The van der Waals surface area contributed by atoms with Gasteiger partial charge in [-0.1, -0.05) is 0 Å². The molecule has 0 saturated heterocycles. The number of nitrogens with one attached hydrogen (secondary N) is 2. The smallest absolute Gasteiger partial charge is 0.255 e. The Morgan fingerprint density at radius 2 is 1.91 bits per heavy atom. The van der Waals surface area contributed by atoms with Gasteiger partial charge in [0, 0.05) is 30.4 Å². The summed E-state index contributed by atoms with van der Waals surface area (Å²) in [6, 6.07) is 6.51. The van der Waals surface area contributed by atoms with E-state index in [0.29, 0.717) is 34.2 Å². The second kappa shape index (κ2) is 9.55. The number of nitrogens with zero attached hydrogens (tertiary/aromatic N) is 6. The number of carbonyl (C=O) groups is 1. The minimum atomic E-state index is -0.111. The molecule has 1 fully saturated rings. The maximum atomic E-state index is 13.1. The third kappa shape index (κ3) is 4.96. The molecule has 3 heterocycles. The van der Waals surface area contributed by atoms with Gasteiger partial charge in [0.05, 0.1) is 34.9 Å². The van der Waals surface area contributed by atoms with Gasteiger partial charge >= 0.3 is 0 Å². The third-order valence-electron chi connectivity index (χ3n) is 6.11. The van der Waals surface area contributed by atoms with Crippen LogP contribution in [0.5, 0.6) is 0 Å². The van der Waals surface area contributed by atoms with Crippen molar-refractivity contribution in [3.63, 3.8) is 0 Å². The van der Waals surface area contributed by atoms with Crippen molar-refractivity contribution in [2.24, 2.45) is 0 Å². The predicted octanol–water partition coefficient (Wildman–Crippen LogP) is 3.09. The highest BCUT2D eigenvalue weighted by molar-refractivity contribution is 6.00. The number of carbonyl (C=O) groups excluding carboxylic acids is 1. The Hall–Kier alpha value is -3.51. The number of hydrogen-bond donors (Lipinski definition) is 2. The molecule has 0 spiro atoms. The lowest BCUT2D eigenvalue weighted by Gasteiger charge is -2.33. The van der Waals surface area contributed by atoms with Gasteiger partial charge < -0.3 is 15.5 Å². The first kappa shape index (κ1) is 22.7. The summed E-state index contributed by atoms with van der Waals surface area (Å²) in [5.41, 5.74) is 3.59. The molecular weight excluding hydrogens is 416 g/mol. The van der Waals surface area contributed by atoms with Crippen LogP contribution in [0.1, 0.15) is 55.5 Å². The van der Waals surface area contributed by atoms with Crippen molar-refractivity contribution in [1.29, 1.82) is 5.26 Å². The van der Waals surface area contributed by atoms with Crippen molar-refractivity contribution >= 4 is 17.2 Å². The quantitative estimate of drug-likeness (QED) is 0.598. The number of pyridine rings is 1. The minimum absolute atomic E-state index is 0.111. The Balaban J connectivity index is 1.58. The van der Waals surface area contributed by atoms with E-state index in [1.165, 1.54) is 6.20 Å². The van der Waals surface area contributed by atoms with Crippen molar-refractivity contribution in [2.75, 3.05) is 19.4 Å². The van der Waals surface area contributed by atoms with Gasteiger partial charge in [0.1, 0.15) is 11.8 Å². The van der Waals surface area contributed by atoms with E-state index in [1.807, 2.05) is 19.9 Å². The topological polar surface area (TPSA) is 111 Å². The van der Waals surface area contributed by atoms with Crippen LogP contribution in [-0.4, -0.2) is 62.6 Å². The van der Waals surface area contributed by atoms with Gasteiger partial charge in [0.2, 0.25) is 0 Å². The summed E-state index contributed by atoms with van der Waals surface area (Å²) in [5.74, 6) is -0.111. The number of fused-ring (bicyclic) bond motifs is 1. The Morgan fingerprint density at radius 3 is 2.58 bits per heavy atom. The first-order valence-electron chi connectivity index (χ1n) is 11.3. The molecule has 0 aliphatic heterocycles. The zero-order valence-corrected chi connectivity index (χ0v) is 19.5. The van der Waals surface area contributed by atoms with Gasteiger partial charge in [-0.3, -0.25) is 9.78 Å². The molecule has 3 aromatic rings. The monoisotopic (exact) mass is 446 g/mol. The molecule has 9 heteroatoms. The molecule has 0 bridgehead atoms. The number of amides is 1. The van der Waals surface area contributed by atoms with Crippen LogP contribution in [0.4, 0.5) is 5.69 Å². The van der Waals surface area contributed by atoms with Gasteiger partial charge in [-0.05, 0) is 59.7 Å². The number of anilines is 1. The molecule has 1 aliphatic rings. The first-order chi connectivity index (χ1) is 15.9. The molecule has 33 heavy (non-hydrogen) atoms. The largest absolute Gasteiger partial charge is 0.382 e. The summed E-state index contributed by atoms with van der Waals surface area (Å²) in [6.07, 6.45) is 8.91. The molecule has 3 aromatic heterocycles. The van der Waals surface area contributed by atoms with E-state index in [0.717, 1.165) is 31.4 Å². The Labute approximate surface area is 193 Å². The zero-order valence-electron chi connectivity index (χ0n) is 19.5. The van der Waals surface area contributed by atoms with E-state index in [9.17, 15) is 4.79 Å². The van der Waals surface area contributed by atoms with Crippen LogP contribution in [0.15, 0.2) is 30.7 Å². The van der Waals surface area contributed by atoms with Crippen LogP contribution in [0.3, 0.4) is 0 Å². The van der Waals surface area contributed by atoms with Crippen molar-refractivity contribution in [3.8, 4) is 17.5 Å². The average Bonchev–Trinajstić information content (AvgIpc) is 3.22. The summed E-state index contributed by atoms with van der Waals surface area (Å²) in [7, 11) is 4.23. The molecule has 0 atom stereocenters. The molecule has 1 saturated carbocycles. The van der Waals surface area contributed by atoms with Crippen LogP contribution in [0.25, 0.3) is 17.0 Å². The molecular formula is C24H30N8O. The second-order valence-corrected chi connectivity index (χ2v) is 9.13. The van der Waals surface area contributed by atoms with Crippen molar-refractivity contribution in [2.45, 2.75) is 57.7 Å². The first-order valence-corrected chi connectivity index (χ1v) is 11.3. The third-order valence-corrected chi connectivity index (χ3v) is 6.11. The van der Waals surface area contributed by atoms with Gasteiger partial charge in [-0.15, -0.1) is 0 Å². The van der Waals surface area contributed by atoms with Crippen molar-refractivity contribution in [3.05, 3.63) is 41.9 Å². The highest BCUT2D eigenvalue weighted by atomic mass is 16.1. The number of hydrogen-bond acceptors (Lipinski definition) is 7. The average molecular weight is 447 g/mol. The fraction of sp³-hybridized carbons (Fsp3) is 0.458. The molecule has 4 rings (SSSR count). The summed E-state index contributed by atoms with van der Waals surface area (Å²) >= 11 is 0. The van der Waals surface area contributed by atoms with E-state index in [4.69, 9.17) is 5.26 Å². The van der Waals surface area contributed by atoms with Gasteiger partial charge in [0.25, 0.3) is 5.91 Å². The molecule has 1 amide bonds. The standard InChI is InChI=1S/C24H30N8O/c1-15(2)29-20-10-21(22-14-27-23-9-16(11-25)12-28-32(22)23)26-13-19(20)24(33)30-17-5-7-18(8-6-17)31(3)4/h9-10,12-15,17-18H,5-8H2,1-4H3,(H,26,29)(H,30,33). The molecule has 0 radical (unpaired) electrons. The van der Waals surface area contributed by atoms with E-state index < -0.39 is 0 Å². The Kier molecular flexibility index (Phi) is 6.56. The molecule has 9 nitrogen and oxygen atoms in total. The molecule has 0 aromatic carbocycles. The van der Waals surface area contributed by atoms with Crippen molar-refractivity contribution in [1.82, 2.24) is 29.8 Å². The fourth-order valence-electron chi connectivity index (χ4n) is 4.32. The van der Waals surface area contributed by atoms with E-state index in [2.05, 4.69) is 50.8 Å².